The largest absolute Gasteiger partial charge is 0.490 e. The molecular weight excluding hydrogens is 295 g/mol. The van der Waals surface area contributed by atoms with Crippen LogP contribution in [0.4, 0.5) is 4.39 Å². The second kappa shape index (κ2) is 6.46. The monoisotopic (exact) mass is 310 g/mol. The standard InChI is InChI=1S/C15H15FO6/c1-15(2)21-13-10(5-7-19-9-17)3-4-11(20-8-6-16)12(13)14(18)22-15/h3-5,7,9H,6,8H2,1-2H3/b7-5+. The smallest absolute Gasteiger partial charge is 0.349 e. The highest BCUT2D eigenvalue weighted by atomic mass is 19.1. The van der Waals surface area contributed by atoms with Crippen molar-refractivity contribution in [3.8, 4) is 11.5 Å². The Morgan fingerprint density at radius 2 is 2.09 bits per heavy atom. The van der Waals surface area contributed by atoms with Crippen molar-refractivity contribution in [2.75, 3.05) is 13.3 Å². The van der Waals surface area contributed by atoms with Crippen LogP contribution in [-0.2, 0) is 14.3 Å². The van der Waals surface area contributed by atoms with Crippen molar-refractivity contribution in [1.82, 2.24) is 0 Å². The van der Waals surface area contributed by atoms with Crippen molar-refractivity contribution in [1.29, 1.82) is 0 Å². The molecule has 0 aromatic heterocycles. The minimum atomic E-state index is -1.16. The lowest BCUT2D eigenvalue weighted by molar-refractivity contribution is -0.128. The van der Waals surface area contributed by atoms with Gasteiger partial charge in [0.25, 0.3) is 6.47 Å². The summed E-state index contributed by atoms with van der Waals surface area (Å²) >= 11 is 0. The fourth-order valence-electron chi connectivity index (χ4n) is 1.97. The quantitative estimate of drug-likeness (QED) is 0.456. The minimum absolute atomic E-state index is 0.0704. The average molecular weight is 310 g/mol. The van der Waals surface area contributed by atoms with Gasteiger partial charge < -0.3 is 18.9 Å². The third-order valence-electron chi connectivity index (χ3n) is 2.76. The van der Waals surface area contributed by atoms with Gasteiger partial charge in [-0.05, 0) is 18.2 Å². The van der Waals surface area contributed by atoms with Crippen molar-refractivity contribution < 1.29 is 32.9 Å². The lowest BCUT2D eigenvalue weighted by Crippen LogP contribution is -2.39. The van der Waals surface area contributed by atoms with E-state index >= 15 is 0 Å². The first-order valence-electron chi connectivity index (χ1n) is 6.52. The molecule has 1 aromatic carbocycles. The molecule has 1 heterocycles. The number of fused-ring (bicyclic) bond motifs is 1. The summed E-state index contributed by atoms with van der Waals surface area (Å²) < 4.78 is 32.8. The number of hydrogen-bond donors (Lipinski definition) is 0. The predicted octanol–water partition coefficient (Wildman–Crippen LogP) is 2.46. The van der Waals surface area contributed by atoms with Crippen LogP contribution in [0.5, 0.6) is 11.5 Å². The van der Waals surface area contributed by atoms with Gasteiger partial charge in [-0.3, -0.25) is 4.79 Å². The Morgan fingerprint density at radius 3 is 2.77 bits per heavy atom. The van der Waals surface area contributed by atoms with Gasteiger partial charge in [0.2, 0.25) is 5.79 Å². The maximum Gasteiger partial charge on any atom is 0.349 e. The number of halogens is 1. The summed E-state index contributed by atoms with van der Waals surface area (Å²) in [5, 5.41) is 0. The number of carbonyl (C=O) groups is 2. The van der Waals surface area contributed by atoms with E-state index in [1.54, 1.807) is 19.9 Å². The maximum atomic E-state index is 12.3. The molecule has 0 saturated heterocycles. The third-order valence-corrected chi connectivity index (χ3v) is 2.76. The van der Waals surface area contributed by atoms with Crippen molar-refractivity contribution in [3.63, 3.8) is 0 Å². The lowest BCUT2D eigenvalue weighted by atomic mass is 10.1. The zero-order valence-corrected chi connectivity index (χ0v) is 12.1. The molecule has 0 radical (unpaired) electrons. The maximum absolute atomic E-state index is 12.3. The Labute approximate surface area is 126 Å². The Balaban J connectivity index is 2.48. The molecule has 0 spiro atoms. The molecule has 0 saturated carbocycles. The third kappa shape index (κ3) is 3.36. The van der Waals surface area contributed by atoms with Crippen LogP contribution in [-0.4, -0.2) is 31.5 Å². The second-order valence-electron chi connectivity index (χ2n) is 4.82. The van der Waals surface area contributed by atoms with Gasteiger partial charge >= 0.3 is 5.97 Å². The molecule has 0 atom stereocenters. The highest BCUT2D eigenvalue weighted by molar-refractivity contribution is 5.98. The van der Waals surface area contributed by atoms with Crippen LogP contribution < -0.4 is 9.47 Å². The SMILES string of the molecule is CC1(C)OC(=O)c2c(OCCF)ccc(/C=C/OC=O)c2O1. The summed E-state index contributed by atoms with van der Waals surface area (Å²) in [5.74, 6) is -1.40. The van der Waals surface area contributed by atoms with Crippen molar-refractivity contribution in [3.05, 3.63) is 29.5 Å². The fourth-order valence-corrected chi connectivity index (χ4v) is 1.97. The number of benzene rings is 1. The first-order valence-corrected chi connectivity index (χ1v) is 6.52. The number of hydrogen-bond acceptors (Lipinski definition) is 6. The molecule has 1 aliphatic rings. The first-order chi connectivity index (χ1) is 10.5. The van der Waals surface area contributed by atoms with Crippen LogP contribution >= 0.6 is 0 Å². The van der Waals surface area contributed by atoms with E-state index in [-0.39, 0.29) is 30.1 Å². The molecule has 0 fully saturated rings. The van der Waals surface area contributed by atoms with Gasteiger partial charge in [0, 0.05) is 19.4 Å². The molecule has 1 aliphatic heterocycles. The molecule has 0 unspecified atom stereocenters. The Kier molecular flexibility index (Phi) is 4.65. The highest BCUT2D eigenvalue weighted by Crippen LogP contribution is 2.40. The lowest BCUT2D eigenvalue weighted by Gasteiger charge is -2.33. The number of rotatable bonds is 6. The molecule has 2 rings (SSSR count). The molecule has 6 nitrogen and oxygen atoms in total. The Morgan fingerprint density at radius 1 is 1.32 bits per heavy atom. The van der Waals surface area contributed by atoms with Gasteiger partial charge in [0.1, 0.15) is 30.3 Å². The van der Waals surface area contributed by atoms with Crippen molar-refractivity contribution >= 4 is 18.5 Å². The van der Waals surface area contributed by atoms with Gasteiger partial charge in [-0.1, -0.05) is 0 Å². The molecule has 0 N–H and O–H groups in total. The van der Waals surface area contributed by atoms with Crippen LogP contribution in [0.3, 0.4) is 0 Å². The van der Waals surface area contributed by atoms with E-state index in [2.05, 4.69) is 4.74 Å². The minimum Gasteiger partial charge on any atom is -0.490 e. The van der Waals surface area contributed by atoms with Crippen LogP contribution in [0.25, 0.3) is 6.08 Å². The number of ether oxygens (including phenoxy) is 4. The van der Waals surface area contributed by atoms with Crippen LogP contribution in [0, 0.1) is 0 Å². The molecule has 1 aromatic rings. The summed E-state index contributed by atoms with van der Waals surface area (Å²) in [7, 11) is 0. The normalized spacial score (nSPS) is 15.7. The van der Waals surface area contributed by atoms with Crippen LogP contribution in [0.1, 0.15) is 29.8 Å². The number of cyclic esters (lactones) is 1. The molecule has 0 bridgehead atoms. The Hall–Kier alpha value is -2.57. The molecule has 0 amide bonds. The Bertz CT molecular complexity index is 608. The van der Waals surface area contributed by atoms with Crippen molar-refractivity contribution in [2.45, 2.75) is 19.6 Å². The summed E-state index contributed by atoms with van der Waals surface area (Å²) in [6, 6.07) is 3.10. The fraction of sp³-hybridized carbons (Fsp3) is 0.333. The summed E-state index contributed by atoms with van der Waals surface area (Å²) in [5.41, 5.74) is 0.565. The summed E-state index contributed by atoms with van der Waals surface area (Å²) in [4.78, 5) is 22.4. The van der Waals surface area contributed by atoms with Gasteiger partial charge in [-0.15, -0.1) is 0 Å². The molecule has 0 aliphatic carbocycles. The van der Waals surface area contributed by atoms with Gasteiger partial charge in [-0.2, -0.15) is 0 Å². The van der Waals surface area contributed by atoms with E-state index < -0.39 is 18.4 Å². The van der Waals surface area contributed by atoms with Crippen molar-refractivity contribution in [2.24, 2.45) is 0 Å². The first kappa shape index (κ1) is 15.8. The van der Waals surface area contributed by atoms with Crippen LogP contribution in [0.2, 0.25) is 0 Å². The zero-order chi connectivity index (χ0) is 16.2. The van der Waals surface area contributed by atoms with Crippen LogP contribution in [0.15, 0.2) is 18.4 Å². The van der Waals surface area contributed by atoms with E-state index in [1.807, 2.05) is 0 Å². The highest BCUT2D eigenvalue weighted by Gasteiger charge is 2.37. The van der Waals surface area contributed by atoms with E-state index in [1.165, 1.54) is 12.1 Å². The van der Waals surface area contributed by atoms with Gasteiger partial charge in [-0.25, -0.2) is 9.18 Å². The molecule has 22 heavy (non-hydrogen) atoms. The summed E-state index contributed by atoms with van der Waals surface area (Å²) in [6.45, 7) is 2.55. The van der Waals surface area contributed by atoms with Gasteiger partial charge in [0.15, 0.2) is 0 Å². The van der Waals surface area contributed by atoms with E-state index in [0.717, 1.165) is 6.26 Å². The second-order valence-corrected chi connectivity index (χ2v) is 4.82. The number of alkyl halides is 1. The number of carbonyl (C=O) groups excluding carboxylic acids is 2. The van der Waals surface area contributed by atoms with E-state index in [9.17, 15) is 14.0 Å². The molecular formula is C15H15FO6. The topological polar surface area (TPSA) is 71.1 Å². The predicted molar refractivity (Wildman–Crippen MR) is 74.2 cm³/mol. The number of esters is 1. The van der Waals surface area contributed by atoms with E-state index in [4.69, 9.17) is 14.2 Å². The van der Waals surface area contributed by atoms with Gasteiger partial charge in [0.05, 0.1) is 6.26 Å². The summed E-state index contributed by atoms with van der Waals surface area (Å²) in [6.07, 6.45) is 2.61. The molecule has 7 heteroatoms. The average Bonchev–Trinajstić information content (AvgIpc) is 2.45. The zero-order valence-electron chi connectivity index (χ0n) is 12.1. The molecule has 118 valence electrons. The van der Waals surface area contributed by atoms with E-state index in [0.29, 0.717) is 5.56 Å².